The third-order valence-electron chi connectivity index (χ3n) is 4.22. The van der Waals surface area contributed by atoms with Crippen LogP contribution in [0.1, 0.15) is 24.9 Å². The Morgan fingerprint density at radius 2 is 1.96 bits per heavy atom. The number of hydrazone groups is 1. The molecule has 0 bridgehead atoms. The fraction of sp³-hybridized carbons (Fsp3) is 0.211. The van der Waals surface area contributed by atoms with Gasteiger partial charge in [0.2, 0.25) is 5.91 Å². The van der Waals surface area contributed by atoms with Gasteiger partial charge in [-0.05, 0) is 36.8 Å². The number of hydrogen-bond donors (Lipinski definition) is 2. The van der Waals surface area contributed by atoms with Gasteiger partial charge < -0.3 is 11.1 Å². The lowest BCUT2D eigenvalue weighted by molar-refractivity contribution is -0.119. The molecule has 0 radical (unpaired) electrons. The van der Waals surface area contributed by atoms with E-state index in [4.69, 9.17) is 17.3 Å². The van der Waals surface area contributed by atoms with Crippen LogP contribution in [-0.4, -0.2) is 23.6 Å². The van der Waals surface area contributed by atoms with Gasteiger partial charge >= 0.3 is 0 Å². The van der Waals surface area contributed by atoms with E-state index in [0.717, 1.165) is 5.56 Å². The van der Waals surface area contributed by atoms with E-state index in [1.165, 1.54) is 5.01 Å². The van der Waals surface area contributed by atoms with E-state index in [0.29, 0.717) is 10.7 Å². The minimum atomic E-state index is -0.681. The fourth-order valence-corrected chi connectivity index (χ4v) is 3.03. The number of primary amides is 1. The SMILES string of the molecule is CC(NC(=O)C1=NN(c2ccccc2)C(C(N)=O)C1)c1cccc(Cl)c1. The minimum absolute atomic E-state index is 0.165. The van der Waals surface area contributed by atoms with Crippen molar-refractivity contribution in [1.82, 2.24) is 5.32 Å². The molecule has 6 nitrogen and oxygen atoms in total. The predicted molar refractivity (Wildman–Crippen MR) is 102 cm³/mol. The number of carbonyl (C=O) groups excluding carboxylic acids is 2. The molecule has 0 aliphatic carbocycles. The molecule has 3 N–H and O–H groups in total. The van der Waals surface area contributed by atoms with Crippen molar-refractivity contribution in [3.8, 4) is 0 Å². The topological polar surface area (TPSA) is 87.8 Å². The van der Waals surface area contributed by atoms with Crippen molar-refractivity contribution in [3.63, 3.8) is 0 Å². The van der Waals surface area contributed by atoms with Crippen LogP contribution in [0.3, 0.4) is 0 Å². The zero-order valence-corrected chi connectivity index (χ0v) is 15.0. The van der Waals surface area contributed by atoms with Crippen LogP contribution in [0.2, 0.25) is 5.02 Å². The van der Waals surface area contributed by atoms with Crippen LogP contribution in [0.15, 0.2) is 59.7 Å². The second kappa shape index (κ2) is 7.58. The normalized spacial score (nSPS) is 17.5. The van der Waals surface area contributed by atoms with Crippen molar-refractivity contribution >= 4 is 34.8 Å². The number of carbonyl (C=O) groups is 2. The zero-order chi connectivity index (χ0) is 18.7. The molecule has 2 aromatic carbocycles. The molecule has 26 heavy (non-hydrogen) atoms. The van der Waals surface area contributed by atoms with Crippen molar-refractivity contribution in [2.45, 2.75) is 25.4 Å². The van der Waals surface area contributed by atoms with Crippen LogP contribution in [0.25, 0.3) is 0 Å². The van der Waals surface area contributed by atoms with Crippen molar-refractivity contribution in [1.29, 1.82) is 0 Å². The monoisotopic (exact) mass is 370 g/mol. The predicted octanol–water partition coefficient (Wildman–Crippen LogP) is 2.64. The number of nitrogens with zero attached hydrogens (tertiary/aromatic N) is 2. The number of benzene rings is 2. The van der Waals surface area contributed by atoms with Crippen LogP contribution >= 0.6 is 11.6 Å². The summed E-state index contributed by atoms with van der Waals surface area (Å²) in [4.78, 5) is 24.4. The Bertz CT molecular complexity index is 854. The first kappa shape index (κ1) is 17.9. The zero-order valence-electron chi connectivity index (χ0n) is 14.2. The van der Waals surface area contributed by atoms with Crippen molar-refractivity contribution < 1.29 is 9.59 Å². The van der Waals surface area contributed by atoms with Gasteiger partial charge in [-0.3, -0.25) is 14.6 Å². The quantitative estimate of drug-likeness (QED) is 0.848. The lowest BCUT2D eigenvalue weighted by Crippen LogP contribution is -2.40. The van der Waals surface area contributed by atoms with E-state index in [9.17, 15) is 9.59 Å². The molecule has 3 rings (SSSR count). The standard InChI is InChI=1S/C19H19ClN4O2/c1-12(13-6-5-7-14(20)10-13)22-19(26)16-11-17(18(21)25)24(23-16)15-8-3-2-4-9-15/h2-10,12,17H,11H2,1H3,(H2,21,25)(H,22,26). The largest absolute Gasteiger partial charge is 0.368 e. The highest BCUT2D eigenvalue weighted by atomic mass is 35.5. The Balaban J connectivity index is 1.77. The lowest BCUT2D eigenvalue weighted by Gasteiger charge is -2.20. The second-order valence-electron chi connectivity index (χ2n) is 6.10. The van der Waals surface area contributed by atoms with Crippen LogP contribution in [0.4, 0.5) is 5.69 Å². The summed E-state index contributed by atoms with van der Waals surface area (Å²) in [5, 5.41) is 9.33. The van der Waals surface area contributed by atoms with Crippen LogP contribution in [0.5, 0.6) is 0 Å². The molecule has 0 saturated heterocycles. The van der Waals surface area contributed by atoms with Gasteiger partial charge in [-0.1, -0.05) is 41.9 Å². The molecular weight excluding hydrogens is 352 g/mol. The van der Waals surface area contributed by atoms with Gasteiger partial charge in [-0.15, -0.1) is 0 Å². The fourth-order valence-electron chi connectivity index (χ4n) is 2.83. The van der Waals surface area contributed by atoms with Gasteiger partial charge in [-0.25, -0.2) is 0 Å². The summed E-state index contributed by atoms with van der Waals surface area (Å²) < 4.78 is 0. The number of anilines is 1. The molecule has 134 valence electrons. The Kier molecular flexibility index (Phi) is 5.23. The Labute approximate surface area is 156 Å². The molecule has 2 aromatic rings. The second-order valence-corrected chi connectivity index (χ2v) is 6.54. The third-order valence-corrected chi connectivity index (χ3v) is 4.45. The van der Waals surface area contributed by atoms with Gasteiger partial charge in [0.1, 0.15) is 11.8 Å². The van der Waals surface area contributed by atoms with E-state index >= 15 is 0 Å². The van der Waals surface area contributed by atoms with Gasteiger partial charge in [0.15, 0.2) is 0 Å². The molecule has 1 heterocycles. The molecule has 0 aromatic heterocycles. The smallest absolute Gasteiger partial charge is 0.268 e. The van der Waals surface area contributed by atoms with Crippen LogP contribution in [-0.2, 0) is 9.59 Å². The molecule has 1 aliphatic rings. The van der Waals surface area contributed by atoms with Gasteiger partial charge in [0, 0.05) is 11.4 Å². The van der Waals surface area contributed by atoms with E-state index < -0.39 is 11.9 Å². The average Bonchev–Trinajstić information content (AvgIpc) is 3.08. The maximum Gasteiger partial charge on any atom is 0.268 e. The molecule has 0 saturated carbocycles. The Morgan fingerprint density at radius 3 is 2.62 bits per heavy atom. The molecule has 7 heteroatoms. The first-order chi connectivity index (χ1) is 12.5. The first-order valence-corrected chi connectivity index (χ1v) is 8.61. The molecule has 2 amide bonds. The van der Waals surface area contributed by atoms with E-state index in [1.54, 1.807) is 12.1 Å². The average molecular weight is 371 g/mol. The molecule has 1 aliphatic heterocycles. The number of nitrogens with one attached hydrogen (secondary N) is 1. The minimum Gasteiger partial charge on any atom is -0.368 e. The number of nitrogens with two attached hydrogens (primary N) is 1. The summed E-state index contributed by atoms with van der Waals surface area (Å²) in [6, 6.07) is 15.5. The number of para-hydroxylation sites is 1. The van der Waals surface area contributed by atoms with Crippen LogP contribution in [0, 0.1) is 0 Å². The van der Waals surface area contributed by atoms with E-state index in [2.05, 4.69) is 10.4 Å². The van der Waals surface area contributed by atoms with E-state index in [1.807, 2.05) is 49.4 Å². The van der Waals surface area contributed by atoms with Crippen LogP contribution < -0.4 is 16.1 Å². The summed E-state index contributed by atoms with van der Waals surface area (Å²) >= 11 is 6.00. The summed E-state index contributed by atoms with van der Waals surface area (Å²) in [5.74, 6) is -0.856. The van der Waals surface area contributed by atoms with Gasteiger partial charge in [0.05, 0.1) is 11.7 Å². The van der Waals surface area contributed by atoms with Gasteiger partial charge in [-0.2, -0.15) is 5.10 Å². The summed E-state index contributed by atoms with van der Waals surface area (Å²) in [7, 11) is 0. The molecule has 2 atom stereocenters. The maximum atomic E-state index is 12.6. The summed E-state index contributed by atoms with van der Waals surface area (Å²) in [6.45, 7) is 1.86. The number of rotatable bonds is 5. The number of hydrogen-bond acceptors (Lipinski definition) is 4. The highest BCUT2D eigenvalue weighted by Gasteiger charge is 2.35. The van der Waals surface area contributed by atoms with Crippen molar-refractivity contribution in [3.05, 3.63) is 65.2 Å². The Morgan fingerprint density at radius 1 is 1.23 bits per heavy atom. The molecule has 0 fully saturated rings. The third kappa shape index (κ3) is 3.86. The van der Waals surface area contributed by atoms with Gasteiger partial charge in [0.25, 0.3) is 5.91 Å². The molecular formula is C19H19ClN4O2. The number of halogens is 1. The lowest BCUT2D eigenvalue weighted by atomic mass is 10.1. The highest BCUT2D eigenvalue weighted by molar-refractivity contribution is 6.40. The highest BCUT2D eigenvalue weighted by Crippen LogP contribution is 2.25. The van der Waals surface area contributed by atoms with E-state index in [-0.39, 0.29) is 24.1 Å². The molecule has 0 spiro atoms. The Hall–Kier alpha value is -2.86. The van der Waals surface area contributed by atoms with Crippen molar-refractivity contribution in [2.75, 3.05) is 5.01 Å². The summed E-state index contributed by atoms with van der Waals surface area (Å²) in [5.41, 5.74) is 7.36. The first-order valence-electron chi connectivity index (χ1n) is 8.23. The maximum absolute atomic E-state index is 12.6. The number of amides is 2. The molecule has 2 unspecified atom stereocenters. The van der Waals surface area contributed by atoms with Crippen molar-refractivity contribution in [2.24, 2.45) is 10.8 Å². The summed E-state index contributed by atoms with van der Waals surface area (Å²) in [6.07, 6.45) is 0.165.